The van der Waals surface area contributed by atoms with Gasteiger partial charge >= 0.3 is 0 Å². The normalized spacial score (nSPS) is 30.3. The second-order valence-corrected chi connectivity index (χ2v) is 4.94. The molecule has 2 nitrogen and oxygen atoms in total. The molecule has 88 valence electrons. The maximum atomic E-state index is 6.05. The molecule has 3 atom stereocenters. The van der Waals surface area contributed by atoms with Crippen molar-refractivity contribution in [3.63, 3.8) is 0 Å². The third kappa shape index (κ3) is 2.45. The van der Waals surface area contributed by atoms with E-state index in [0.29, 0.717) is 18.0 Å². The van der Waals surface area contributed by atoms with Crippen molar-refractivity contribution in [1.29, 1.82) is 0 Å². The zero-order chi connectivity index (χ0) is 11.5. The molecule has 1 aromatic rings. The molecule has 3 N–H and O–H groups in total. The number of piperidine rings is 1. The van der Waals surface area contributed by atoms with E-state index in [4.69, 9.17) is 5.73 Å². The first-order chi connectivity index (χ1) is 7.70. The SMILES string of the molecule is CCC1NCC(N)CC1c1cccc(C)c1. The Morgan fingerprint density at radius 3 is 2.94 bits per heavy atom. The van der Waals surface area contributed by atoms with Crippen LogP contribution in [0.4, 0.5) is 0 Å². The second-order valence-electron chi connectivity index (χ2n) is 4.94. The minimum Gasteiger partial charge on any atom is -0.327 e. The van der Waals surface area contributed by atoms with Crippen molar-refractivity contribution in [2.75, 3.05) is 6.54 Å². The highest BCUT2D eigenvalue weighted by molar-refractivity contribution is 5.27. The zero-order valence-electron chi connectivity index (χ0n) is 10.2. The monoisotopic (exact) mass is 218 g/mol. The summed E-state index contributed by atoms with van der Waals surface area (Å²) < 4.78 is 0. The van der Waals surface area contributed by atoms with Crippen molar-refractivity contribution in [1.82, 2.24) is 5.32 Å². The highest BCUT2D eigenvalue weighted by Crippen LogP contribution is 2.29. The van der Waals surface area contributed by atoms with Gasteiger partial charge in [0.05, 0.1) is 0 Å². The number of benzene rings is 1. The Bertz CT molecular complexity index is 348. The molecular formula is C14H22N2. The van der Waals surface area contributed by atoms with Crippen LogP contribution < -0.4 is 11.1 Å². The van der Waals surface area contributed by atoms with Crippen LogP contribution in [-0.4, -0.2) is 18.6 Å². The first-order valence-corrected chi connectivity index (χ1v) is 6.26. The van der Waals surface area contributed by atoms with E-state index in [-0.39, 0.29) is 0 Å². The minimum absolute atomic E-state index is 0.299. The van der Waals surface area contributed by atoms with Gasteiger partial charge in [-0.25, -0.2) is 0 Å². The lowest BCUT2D eigenvalue weighted by Crippen LogP contribution is -2.49. The number of nitrogens with two attached hydrogens (primary N) is 1. The summed E-state index contributed by atoms with van der Waals surface area (Å²) in [5, 5.41) is 3.56. The first-order valence-electron chi connectivity index (χ1n) is 6.26. The van der Waals surface area contributed by atoms with Crippen LogP contribution in [0.25, 0.3) is 0 Å². The maximum Gasteiger partial charge on any atom is 0.0171 e. The molecule has 0 saturated carbocycles. The Hall–Kier alpha value is -0.860. The van der Waals surface area contributed by atoms with Gasteiger partial charge in [0.1, 0.15) is 0 Å². The largest absolute Gasteiger partial charge is 0.327 e. The molecule has 2 heteroatoms. The number of aryl methyl sites for hydroxylation is 1. The van der Waals surface area contributed by atoms with Crippen LogP contribution in [0, 0.1) is 6.92 Å². The van der Waals surface area contributed by atoms with Gasteiger partial charge in [0.2, 0.25) is 0 Å². The predicted octanol–water partition coefficient (Wildman–Crippen LogP) is 2.18. The summed E-state index contributed by atoms with van der Waals surface area (Å²) in [7, 11) is 0. The quantitative estimate of drug-likeness (QED) is 0.798. The van der Waals surface area contributed by atoms with Gasteiger partial charge in [0.15, 0.2) is 0 Å². The summed E-state index contributed by atoms with van der Waals surface area (Å²) in [5.74, 6) is 0.577. The minimum atomic E-state index is 0.299. The van der Waals surface area contributed by atoms with E-state index in [0.717, 1.165) is 13.0 Å². The van der Waals surface area contributed by atoms with Gasteiger partial charge in [0.25, 0.3) is 0 Å². The van der Waals surface area contributed by atoms with E-state index in [1.54, 1.807) is 0 Å². The predicted molar refractivity (Wildman–Crippen MR) is 68.6 cm³/mol. The molecule has 2 rings (SSSR count). The lowest BCUT2D eigenvalue weighted by molar-refractivity contribution is 0.314. The van der Waals surface area contributed by atoms with Crippen molar-refractivity contribution in [2.45, 2.75) is 44.7 Å². The molecule has 0 aliphatic carbocycles. The summed E-state index contributed by atoms with van der Waals surface area (Å²) >= 11 is 0. The number of hydrogen-bond donors (Lipinski definition) is 2. The van der Waals surface area contributed by atoms with E-state index < -0.39 is 0 Å². The van der Waals surface area contributed by atoms with Gasteiger partial charge < -0.3 is 11.1 Å². The highest BCUT2D eigenvalue weighted by atomic mass is 15.0. The van der Waals surface area contributed by atoms with E-state index in [9.17, 15) is 0 Å². The summed E-state index contributed by atoms with van der Waals surface area (Å²) in [6.45, 7) is 5.36. The molecule has 0 aromatic heterocycles. The Morgan fingerprint density at radius 2 is 2.25 bits per heavy atom. The fourth-order valence-electron chi connectivity index (χ4n) is 2.72. The topological polar surface area (TPSA) is 38.0 Å². The van der Waals surface area contributed by atoms with Crippen LogP contribution in [0.3, 0.4) is 0 Å². The molecule has 1 aliphatic heterocycles. The number of rotatable bonds is 2. The average Bonchev–Trinajstić information content (AvgIpc) is 2.29. The van der Waals surface area contributed by atoms with Gasteiger partial charge in [-0.1, -0.05) is 36.8 Å². The molecule has 1 aliphatic rings. The average molecular weight is 218 g/mol. The molecule has 3 unspecified atom stereocenters. The lowest BCUT2D eigenvalue weighted by Gasteiger charge is -2.35. The van der Waals surface area contributed by atoms with Crippen LogP contribution in [0.1, 0.15) is 36.8 Å². The standard InChI is InChI=1S/C14H22N2/c1-3-14-13(8-12(15)9-16-14)11-6-4-5-10(2)7-11/h4-7,12-14,16H,3,8-9,15H2,1-2H3. The molecule has 0 radical (unpaired) electrons. The van der Waals surface area contributed by atoms with Crippen molar-refractivity contribution in [3.8, 4) is 0 Å². The number of hydrogen-bond acceptors (Lipinski definition) is 2. The first kappa shape index (κ1) is 11.6. The highest BCUT2D eigenvalue weighted by Gasteiger charge is 2.28. The Morgan fingerprint density at radius 1 is 1.44 bits per heavy atom. The molecule has 0 bridgehead atoms. The van der Waals surface area contributed by atoms with E-state index in [1.807, 2.05) is 0 Å². The molecular weight excluding hydrogens is 196 g/mol. The van der Waals surface area contributed by atoms with E-state index >= 15 is 0 Å². The summed E-state index contributed by atoms with van der Waals surface area (Å²) in [4.78, 5) is 0. The fourth-order valence-corrected chi connectivity index (χ4v) is 2.72. The number of nitrogens with one attached hydrogen (secondary N) is 1. The molecule has 1 heterocycles. The van der Waals surface area contributed by atoms with Crippen LogP contribution in [0.2, 0.25) is 0 Å². The van der Waals surface area contributed by atoms with Crippen molar-refractivity contribution >= 4 is 0 Å². The van der Waals surface area contributed by atoms with Gasteiger partial charge in [-0.2, -0.15) is 0 Å². The van der Waals surface area contributed by atoms with Crippen molar-refractivity contribution < 1.29 is 0 Å². The third-order valence-electron chi connectivity index (χ3n) is 3.59. The Balaban J connectivity index is 2.22. The van der Waals surface area contributed by atoms with E-state index in [2.05, 4.69) is 43.4 Å². The lowest BCUT2D eigenvalue weighted by atomic mass is 9.81. The summed E-state index contributed by atoms with van der Waals surface area (Å²) in [6.07, 6.45) is 2.28. The van der Waals surface area contributed by atoms with Gasteiger partial charge in [-0.05, 0) is 25.3 Å². The summed E-state index contributed by atoms with van der Waals surface area (Å²) in [6, 6.07) is 9.72. The molecule has 1 saturated heterocycles. The maximum absolute atomic E-state index is 6.05. The third-order valence-corrected chi connectivity index (χ3v) is 3.59. The fraction of sp³-hybridized carbons (Fsp3) is 0.571. The van der Waals surface area contributed by atoms with Crippen LogP contribution in [0.15, 0.2) is 24.3 Å². The molecule has 16 heavy (non-hydrogen) atoms. The molecule has 0 spiro atoms. The van der Waals surface area contributed by atoms with Crippen LogP contribution in [-0.2, 0) is 0 Å². The Labute approximate surface area is 98.2 Å². The summed E-state index contributed by atoms with van der Waals surface area (Å²) in [5.41, 5.74) is 8.83. The molecule has 1 aromatic carbocycles. The second kappa shape index (κ2) is 4.98. The van der Waals surface area contributed by atoms with Gasteiger partial charge in [-0.3, -0.25) is 0 Å². The molecule has 1 fully saturated rings. The zero-order valence-corrected chi connectivity index (χ0v) is 10.2. The Kier molecular flexibility index (Phi) is 3.62. The smallest absolute Gasteiger partial charge is 0.0171 e. The van der Waals surface area contributed by atoms with Crippen molar-refractivity contribution in [2.24, 2.45) is 5.73 Å². The van der Waals surface area contributed by atoms with Crippen LogP contribution >= 0.6 is 0 Å². The van der Waals surface area contributed by atoms with E-state index in [1.165, 1.54) is 17.5 Å². The van der Waals surface area contributed by atoms with Gasteiger partial charge in [0, 0.05) is 24.5 Å². The van der Waals surface area contributed by atoms with Crippen molar-refractivity contribution in [3.05, 3.63) is 35.4 Å². The van der Waals surface area contributed by atoms with Gasteiger partial charge in [-0.15, -0.1) is 0 Å². The molecule has 0 amide bonds. The van der Waals surface area contributed by atoms with Crippen LogP contribution in [0.5, 0.6) is 0 Å².